The summed E-state index contributed by atoms with van der Waals surface area (Å²) in [5.41, 5.74) is -0.0443. The molecule has 5 nitrogen and oxygen atoms in total. The summed E-state index contributed by atoms with van der Waals surface area (Å²) in [6.45, 7) is 0. The third kappa shape index (κ3) is 2.78. The number of rotatable bonds is 4. The van der Waals surface area contributed by atoms with E-state index in [1.54, 1.807) is 0 Å². The van der Waals surface area contributed by atoms with E-state index in [2.05, 4.69) is 5.32 Å². The van der Waals surface area contributed by atoms with Crippen molar-refractivity contribution in [3.63, 3.8) is 0 Å². The number of ether oxygens (including phenoxy) is 2. The van der Waals surface area contributed by atoms with Crippen molar-refractivity contribution in [2.75, 3.05) is 14.2 Å². The first-order chi connectivity index (χ1) is 11.0. The van der Waals surface area contributed by atoms with E-state index in [1.165, 1.54) is 32.4 Å². The Kier molecular flexibility index (Phi) is 4.24. The largest absolute Gasteiger partial charge is 0.497 e. The van der Waals surface area contributed by atoms with Crippen LogP contribution in [-0.2, 0) is 9.53 Å². The lowest BCUT2D eigenvalue weighted by Crippen LogP contribution is -2.47. The molecule has 2 fully saturated rings. The smallest absolute Gasteiger partial charge is 0.311 e. The standard InChI is InChI=1S/C17H20FNO4/c1-22-11-5-6-12(13(18)8-11)16(20)19-15-10-4-3-9(7-10)14(15)17(21)23-2/h5-6,8-10,14-15H,3-4,7H2,1-2H3,(H,19,20)/t9-,10-,14+,15+/m0/s1. The Balaban J connectivity index is 1.78. The fourth-order valence-electron chi connectivity index (χ4n) is 4.01. The van der Waals surface area contributed by atoms with Crippen molar-refractivity contribution in [1.29, 1.82) is 0 Å². The van der Waals surface area contributed by atoms with Crippen molar-refractivity contribution in [2.45, 2.75) is 25.3 Å². The molecular weight excluding hydrogens is 301 g/mol. The number of hydrogen-bond acceptors (Lipinski definition) is 4. The lowest BCUT2D eigenvalue weighted by molar-refractivity contribution is -0.148. The molecule has 2 aliphatic rings. The number of esters is 1. The fraction of sp³-hybridized carbons (Fsp3) is 0.529. The maximum atomic E-state index is 14.0. The zero-order valence-corrected chi connectivity index (χ0v) is 13.2. The summed E-state index contributed by atoms with van der Waals surface area (Å²) in [7, 11) is 2.79. The topological polar surface area (TPSA) is 64.6 Å². The minimum absolute atomic E-state index is 0.0443. The third-order valence-corrected chi connectivity index (χ3v) is 5.11. The van der Waals surface area contributed by atoms with Crippen LogP contribution in [-0.4, -0.2) is 32.1 Å². The maximum absolute atomic E-state index is 14.0. The Morgan fingerprint density at radius 2 is 1.96 bits per heavy atom. The Bertz CT molecular complexity index is 633. The van der Waals surface area contributed by atoms with E-state index < -0.39 is 11.7 Å². The van der Waals surface area contributed by atoms with E-state index in [0.717, 1.165) is 19.3 Å². The van der Waals surface area contributed by atoms with Gasteiger partial charge in [0, 0.05) is 12.1 Å². The van der Waals surface area contributed by atoms with E-state index in [-0.39, 0.29) is 35.3 Å². The summed E-state index contributed by atoms with van der Waals surface area (Å²) in [6.07, 6.45) is 2.87. The molecule has 1 N–H and O–H groups in total. The number of carbonyl (C=O) groups is 2. The van der Waals surface area contributed by atoms with Crippen LogP contribution in [0, 0.1) is 23.6 Å². The molecule has 0 saturated heterocycles. The number of amides is 1. The van der Waals surface area contributed by atoms with Crippen LogP contribution in [0.3, 0.4) is 0 Å². The zero-order valence-electron chi connectivity index (χ0n) is 13.2. The summed E-state index contributed by atoms with van der Waals surface area (Å²) < 4.78 is 23.8. The predicted octanol–water partition coefficient (Wildman–Crippen LogP) is 2.15. The van der Waals surface area contributed by atoms with Crippen LogP contribution >= 0.6 is 0 Å². The Morgan fingerprint density at radius 1 is 1.22 bits per heavy atom. The normalized spacial score (nSPS) is 28.5. The van der Waals surface area contributed by atoms with Crippen molar-refractivity contribution in [2.24, 2.45) is 17.8 Å². The number of carbonyl (C=O) groups excluding carboxylic acids is 2. The van der Waals surface area contributed by atoms with Crippen LogP contribution in [0.15, 0.2) is 18.2 Å². The minimum atomic E-state index is -0.639. The lowest BCUT2D eigenvalue weighted by Gasteiger charge is -2.29. The highest BCUT2D eigenvalue weighted by Crippen LogP contribution is 2.49. The van der Waals surface area contributed by atoms with Crippen LogP contribution in [0.2, 0.25) is 0 Å². The molecule has 0 radical (unpaired) electrons. The van der Waals surface area contributed by atoms with Gasteiger partial charge in [0.25, 0.3) is 5.91 Å². The van der Waals surface area contributed by atoms with Crippen LogP contribution in [0.5, 0.6) is 5.75 Å². The number of hydrogen-bond donors (Lipinski definition) is 1. The van der Waals surface area contributed by atoms with Gasteiger partial charge < -0.3 is 14.8 Å². The molecule has 1 aromatic carbocycles. The highest BCUT2D eigenvalue weighted by Gasteiger charge is 2.52. The van der Waals surface area contributed by atoms with Gasteiger partial charge in [-0.05, 0) is 43.2 Å². The summed E-state index contributed by atoms with van der Waals surface area (Å²) >= 11 is 0. The molecule has 0 aromatic heterocycles. The molecule has 3 rings (SSSR count). The highest BCUT2D eigenvalue weighted by molar-refractivity contribution is 5.95. The number of fused-ring (bicyclic) bond motifs is 2. The Hall–Kier alpha value is -2.11. The van der Waals surface area contributed by atoms with Crippen molar-refractivity contribution >= 4 is 11.9 Å². The second kappa shape index (κ2) is 6.18. The minimum Gasteiger partial charge on any atom is -0.497 e. The average molecular weight is 321 g/mol. The molecule has 4 atom stereocenters. The molecular formula is C17H20FNO4. The van der Waals surface area contributed by atoms with Gasteiger partial charge in [-0.1, -0.05) is 0 Å². The SMILES string of the molecule is COC(=O)[C@@H]1[C@H]2CC[C@@H](C2)[C@H]1NC(=O)c1ccc(OC)cc1F. The second-order valence-electron chi connectivity index (χ2n) is 6.23. The van der Waals surface area contributed by atoms with Crippen LogP contribution < -0.4 is 10.1 Å². The van der Waals surface area contributed by atoms with Gasteiger partial charge in [0.05, 0.1) is 25.7 Å². The maximum Gasteiger partial charge on any atom is 0.311 e. The van der Waals surface area contributed by atoms with E-state index in [1.807, 2.05) is 0 Å². The monoisotopic (exact) mass is 321 g/mol. The van der Waals surface area contributed by atoms with Crippen LogP contribution in [0.25, 0.3) is 0 Å². The van der Waals surface area contributed by atoms with Crippen molar-refractivity contribution in [3.05, 3.63) is 29.6 Å². The summed E-state index contributed by atoms with van der Waals surface area (Å²) in [5, 5.41) is 2.85. The molecule has 2 aliphatic carbocycles. The molecule has 6 heteroatoms. The molecule has 2 bridgehead atoms. The van der Waals surface area contributed by atoms with Gasteiger partial charge in [-0.15, -0.1) is 0 Å². The zero-order chi connectivity index (χ0) is 16.6. The van der Waals surface area contributed by atoms with Crippen LogP contribution in [0.4, 0.5) is 4.39 Å². The fourth-order valence-corrected chi connectivity index (χ4v) is 4.01. The van der Waals surface area contributed by atoms with Gasteiger partial charge in [0.2, 0.25) is 0 Å². The number of halogens is 1. The number of benzene rings is 1. The Labute approximate surface area is 134 Å². The molecule has 124 valence electrons. The van der Waals surface area contributed by atoms with E-state index >= 15 is 0 Å². The average Bonchev–Trinajstić information content (AvgIpc) is 3.15. The molecule has 1 amide bonds. The van der Waals surface area contributed by atoms with Gasteiger partial charge in [-0.25, -0.2) is 4.39 Å². The first-order valence-corrected chi connectivity index (χ1v) is 7.77. The molecule has 2 saturated carbocycles. The van der Waals surface area contributed by atoms with E-state index in [4.69, 9.17) is 9.47 Å². The first kappa shape index (κ1) is 15.8. The molecule has 0 unspecified atom stereocenters. The molecule has 0 spiro atoms. The predicted molar refractivity (Wildman–Crippen MR) is 80.5 cm³/mol. The van der Waals surface area contributed by atoms with Gasteiger partial charge in [0.15, 0.2) is 0 Å². The summed E-state index contributed by atoms with van der Waals surface area (Å²) in [4.78, 5) is 24.4. The van der Waals surface area contributed by atoms with Gasteiger partial charge in [0.1, 0.15) is 11.6 Å². The van der Waals surface area contributed by atoms with Crippen LogP contribution in [0.1, 0.15) is 29.6 Å². The Morgan fingerprint density at radius 3 is 2.61 bits per heavy atom. The van der Waals surface area contributed by atoms with Gasteiger partial charge in [-0.3, -0.25) is 9.59 Å². The molecule has 1 aromatic rings. The number of methoxy groups -OCH3 is 2. The summed E-state index contributed by atoms with van der Waals surface area (Å²) in [6, 6.07) is 3.82. The van der Waals surface area contributed by atoms with Crippen molar-refractivity contribution < 1.29 is 23.5 Å². The third-order valence-electron chi connectivity index (χ3n) is 5.11. The number of nitrogens with one attached hydrogen (secondary N) is 1. The summed E-state index contributed by atoms with van der Waals surface area (Å²) in [5.74, 6) is -0.905. The van der Waals surface area contributed by atoms with Crippen molar-refractivity contribution in [1.82, 2.24) is 5.32 Å². The van der Waals surface area contributed by atoms with Gasteiger partial charge >= 0.3 is 5.97 Å². The van der Waals surface area contributed by atoms with E-state index in [9.17, 15) is 14.0 Å². The molecule has 0 aliphatic heterocycles. The first-order valence-electron chi connectivity index (χ1n) is 7.77. The lowest BCUT2D eigenvalue weighted by atomic mass is 9.84. The van der Waals surface area contributed by atoms with E-state index in [0.29, 0.717) is 5.75 Å². The highest BCUT2D eigenvalue weighted by atomic mass is 19.1. The second-order valence-corrected chi connectivity index (χ2v) is 6.23. The molecule has 0 heterocycles. The molecule has 23 heavy (non-hydrogen) atoms. The van der Waals surface area contributed by atoms with Gasteiger partial charge in [-0.2, -0.15) is 0 Å². The van der Waals surface area contributed by atoms with Crippen molar-refractivity contribution in [3.8, 4) is 5.75 Å². The quantitative estimate of drug-likeness (QED) is 0.863.